The first-order chi connectivity index (χ1) is 9.12. The van der Waals surface area contributed by atoms with Crippen molar-refractivity contribution in [3.05, 3.63) is 0 Å². The summed E-state index contributed by atoms with van der Waals surface area (Å²) in [5, 5.41) is 0. The second kappa shape index (κ2) is 7.02. The van der Waals surface area contributed by atoms with Gasteiger partial charge in [0, 0.05) is 19.6 Å². The van der Waals surface area contributed by atoms with Gasteiger partial charge in [-0.2, -0.15) is 12.7 Å². The van der Waals surface area contributed by atoms with Crippen molar-refractivity contribution in [3.8, 4) is 0 Å². The molecular weight excluding hydrogens is 262 g/mol. The van der Waals surface area contributed by atoms with Crippen LogP contribution in [-0.2, 0) is 10.2 Å². The van der Waals surface area contributed by atoms with Crippen LogP contribution in [0.2, 0.25) is 0 Å². The molecule has 1 aliphatic carbocycles. The van der Waals surface area contributed by atoms with Gasteiger partial charge in [-0.15, -0.1) is 0 Å². The Bertz CT molecular complexity index is 358. The molecule has 112 valence electrons. The first-order valence-corrected chi connectivity index (χ1v) is 9.00. The molecule has 1 heterocycles. The molecule has 2 rings (SSSR count). The molecule has 3 N–H and O–H groups in total. The van der Waals surface area contributed by atoms with Crippen molar-refractivity contribution >= 4 is 10.2 Å². The van der Waals surface area contributed by atoms with Crippen molar-refractivity contribution in [2.24, 2.45) is 17.6 Å². The summed E-state index contributed by atoms with van der Waals surface area (Å²) in [4.78, 5) is 0. The van der Waals surface area contributed by atoms with E-state index in [0.717, 1.165) is 25.2 Å². The van der Waals surface area contributed by atoms with Crippen LogP contribution in [0.15, 0.2) is 0 Å². The van der Waals surface area contributed by atoms with Crippen LogP contribution in [0, 0.1) is 11.8 Å². The van der Waals surface area contributed by atoms with Crippen molar-refractivity contribution in [2.45, 2.75) is 44.9 Å². The van der Waals surface area contributed by atoms with E-state index < -0.39 is 10.2 Å². The summed E-state index contributed by atoms with van der Waals surface area (Å²) in [5.74, 6) is 1.22. The Morgan fingerprint density at radius 3 is 2.26 bits per heavy atom. The minimum absolute atomic E-state index is 0.491. The SMILES string of the molecule is NCC1CCN(S(=O)(=O)NCCC2CCCC2)CC1. The Kier molecular flexibility index (Phi) is 5.62. The van der Waals surface area contributed by atoms with E-state index in [0.29, 0.717) is 32.1 Å². The van der Waals surface area contributed by atoms with Crippen molar-refractivity contribution in [2.75, 3.05) is 26.2 Å². The molecular formula is C13H27N3O2S. The van der Waals surface area contributed by atoms with E-state index >= 15 is 0 Å². The van der Waals surface area contributed by atoms with Crippen molar-refractivity contribution < 1.29 is 8.42 Å². The zero-order valence-electron chi connectivity index (χ0n) is 11.7. The molecule has 0 atom stereocenters. The average molecular weight is 289 g/mol. The topological polar surface area (TPSA) is 75.4 Å². The molecule has 2 aliphatic rings. The van der Waals surface area contributed by atoms with Crippen LogP contribution in [0.4, 0.5) is 0 Å². The van der Waals surface area contributed by atoms with Gasteiger partial charge in [0.25, 0.3) is 10.2 Å². The van der Waals surface area contributed by atoms with E-state index in [1.165, 1.54) is 25.7 Å². The fraction of sp³-hybridized carbons (Fsp3) is 1.00. The highest BCUT2D eigenvalue weighted by atomic mass is 32.2. The highest BCUT2D eigenvalue weighted by Crippen LogP contribution is 2.27. The molecule has 0 unspecified atom stereocenters. The molecule has 0 bridgehead atoms. The van der Waals surface area contributed by atoms with Crippen molar-refractivity contribution in [1.82, 2.24) is 9.03 Å². The molecule has 19 heavy (non-hydrogen) atoms. The van der Waals surface area contributed by atoms with Crippen LogP contribution in [0.25, 0.3) is 0 Å². The second-order valence-electron chi connectivity index (χ2n) is 5.92. The normalized spacial score (nSPS) is 24.1. The number of hydrogen-bond acceptors (Lipinski definition) is 3. The maximum Gasteiger partial charge on any atom is 0.279 e. The first kappa shape index (κ1) is 15.2. The fourth-order valence-electron chi connectivity index (χ4n) is 3.17. The third-order valence-corrected chi connectivity index (χ3v) is 6.17. The summed E-state index contributed by atoms with van der Waals surface area (Å²) in [6.07, 6.45) is 7.92. The van der Waals surface area contributed by atoms with Gasteiger partial charge in [-0.05, 0) is 37.6 Å². The molecule has 1 saturated heterocycles. The van der Waals surface area contributed by atoms with Gasteiger partial charge in [0.2, 0.25) is 0 Å². The number of hydrogen-bond donors (Lipinski definition) is 2. The third kappa shape index (κ3) is 4.41. The molecule has 0 aromatic heterocycles. The number of piperidine rings is 1. The van der Waals surface area contributed by atoms with Gasteiger partial charge in [0.1, 0.15) is 0 Å². The van der Waals surface area contributed by atoms with Crippen LogP contribution in [0.3, 0.4) is 0 Å². The lowest BCUT2D eigenvalue weighted by molar-refractivity contribution is 0.275. The molecule has 0 radical (unpaired) electrons. The summed E-state index contributed by atoms with van der Waals surface area (Å²) < 4.78 is 28.6. The quantitative estimate of drug-likeness (QED) is 0.768. The van der Waals surface area contributed by atoms with Crippen LogP contribution in [0.1, 0.15) is 44.9 Å². The lowest BCUT2D eigenvalue weighted by atomic mass is 9.99. The standard InChI is InChI=1S/C13H27N3O2S/c14-11-13-6-9-16(10-7-13)19(17,18)15-8-5-12-3-1-2-4-12/h12-13,15H,1-11,14H2. The summed E-state index contributed by atoms with van der Waals surface area (Å²) in [7, 11) is -3.26. The number of rotatable bonds is 6. The van der Waals surface area contributed by atoms with E-state index in [-0.39, 0.29) is 0 Å². The maximum absolute atomic E-state index is 12.1. The molecule has 0 spiro atoms. The van der Waals surface area contributed by atoms with Crippen LogP contribution in [-0.4, -0.2) is 38.9 Å². The Hall–Kier alpha value is -0.170. The predicted molar refractivity (Wildman–Crippen MR) is 76.8 cm³/mol. The average Bonchev–Trinajstić information content (AvgIpc) is 2.92. The zero-order chi connectivity index (χ0) is 13.7. The largest absolute Gasteiger partial charge is 0.330 e. The molecule has 1 aliphatic heterocycles. The summed E-state index contributed by atoms with van der Waals surface area (Å²) in [6.45, 7) is 2.48. The summed E-state index contributed by atoms with van der Waals surface area (Å²) in [6, 6.07) is 0. The first-order valence-electron chi connectivity index (χ1n) is 7.56. The number of nitrogens with zero attached hydrogens (tertiary/aromatic N) is 1. The minimum Gasteiger partial charge on any atom is -0.330 e. The number of nitrogens with one attached hydrogen (secondary N) is 1. The summed E-state index contributed by atoms with van der Waals surface area (Å²) >= 11 is 0. The maximum atomic E-state index is 12.1. The van der Waals surface area contributed by atoms with Gasteiger partial charge < -0.3 is 5.73 Å². The molecule has 1 saturated carbocycles. The van der Waals surface area contributed by atoms with Crippen LogP contribution in [0.5, 0.6) is 0 Å². The van der Waals surface area contributed by atoms with Crippen molar-refractivity contribution in [1.29, 1.82) is 0 Å². The van der Waals surface area contributed by atoms with Crippen molar-refractivity contribution in [3.63, 3.8) is 0 Å². The zero-order valence-corrected chi connectivity index (χ0v) is 12.5. The Balaban J connectivity index is 1.72. The third-order valence-electron chi connectivity index (χ3n) is 4.56. The summed E-state index contributed by atoms with van der Waals surface area (Å²) in [5.41, 5.74) is 5.62. The smallest absolute Gasteiger partial charge is 0.279 e. The van der Waals surface area contributed by atoms with Gasteiger partial charge in [-0.3, -0.25) is 0 Å². The van der Waals surface area contributed by atoms with Gasteiger partial charge in [-0.25, -0.2) is 4.72 Å². The van der Waals surface area contributed by atoms with Gasteiger partial charge in [-0.1, -0.05) is 25.7 Å². The van der Waals surface area contributed by atoms with E-state index in [1.807, 2.05) is 0 Å². The molecule has 0 amide bonds. The minimum atomic E-state index is -3.26. The Labute approximate surface area is 117 Å². The monoisotopic (exact) mass is 289 g/mol. The number of nitrogens with two attached hydrogens (primary N) is 1. The molecule has 5 nitrogen and oxygen atoms in total. The van der Waals surface area contributed by atoms with Gasteiger partial charge >= 0.3 is 0 Å². The van der Waals surface area contributed by atoms with Crippen LogP contribution >= 0.6 is 0 Å². The predicted octanol–water partition coefficient (Wildman–Crippen LogP) is 1.07. The van der Waals surface area contributed by atoms with Gasteiger partial charge in [0.05, 0.1) is 0 Å². The molecule has 6 heteroatoms. The van der Waals surface area contributed by atoms with Gasteiger partial charge in [0.15, 0.2) is 0 Å². The highest BCUT2D eigenvalue weighted by Gasteiger charge is 2.27. The molecule has 0 aromatic carbocycles. The Morgan fingerprint density at radius 2 is 1.68 bits per heavy atom. The van der Waals surface area contributed by atoms with E-state index in [2.05, 4.69) is 4.72 Å². The lowest BCUT2D eigenvalue weighted by Crippen LogP contribution is -2.46. The molecule has 0 aromatic rings. The van der Waals surface area contributed by atoms with Crippen LogP contribution < -0.4 is 10.5 Å². The Morgan fingerprint density at radius 1 is 1.05 bits per heavy atom. The molecule has 2 fully saturated rings. The highest BCUT2D eigenvalue weighted by molar-refractivity contribution is 7.87. The second-order valence-corrected chi connectivity index (χ2v) is 7.67. The lowest BCUT2D eigenvalue weighted by Gasteiger charge is -2.30. The van der Waals surface area contributed by atoms with E-state index in [9.17, 15) is 8.42 Å². The van der Waals surface area contributed by atoms with E-state index in [1.54, 1.807) is 4.31 Å². The fourth-order valence-corrected chi connectivity index (χ4v) is 4.42. The van der Waals surface area contributed by atoms with E-state index in [4.69, 9.17) is 5.73 Å².